The van der Waals surface area contributed by atoms with Gasteiger partial charge in [0.05, 0.1) is 17.1 Å². The first-order chi connectivity index (χ1) is 12.5. The van der Waals surface area contributed by atoms with E-state index in [2.05, 4.69) is 31.2 Å². The molecule has 0 saturated heterocycles. The number of carbonyl (C=O) groups excluding carboxylic acids is 1. The Hall–Kier alpha value is -2.12. The third-order valence-corrected chi connectivity index (χ3v) is 5.27. The van der Waals surface area contributed by atoms with E-state index in [9.17, 15) is 9.18 Å². The number of nitrogens with one attached hydrogen (secondary N) is 2. The van der Waals surface area contributed by atoms with Gasteiger partial charge in [0.15, 0.2) is 5.16 Å². The fraction of sp³-hybridized carbons (Fsp3) is 0.158. The summed E-state index contributed by atoms with van der Waals surface area (Å²) in [5, 5.41) is 3.24. The Morgan fingerprint density at radius 1 is 1.23 bits per heavy atom. The summed E-state index contributed by atoms with van der Waals surface area (Å²) in [7, 11) is 0. The molecule has 4 nitrogen and oxygen atoms in total. The highest BCUT2D eigenvalue weighted by molar-refractivity contribution is 9.10. The second-order valence-electron chi connectivity index (χ2n) is 5.71. The lowest BCUT2D eigenvalue weighted by Crippen LogP contribution is -2.30. The second-order valence-corrected chi connectivity index (χ2v) is 7.96. The molecule has 0 radical (unpaired) electrons. The van der Waals surface area contributed by atoms with Crippen LogP contribution in [0.15, 0.2) is 64.4 Å². The Balaban J connectivity index is 1.55. The summed E-state index contributed by atoms with van der Waals surface area (Å²) < 4.78 is 13.9. The highest BCUT2D eigenvalue weighted by Gasteiger charge is 2.16. The summed E-state index contributed by atoms with van der Waals surface area (Å²) in [4.78, 5) is 19.8. The Morgan fingerprint density at radius 2 is 1.92 bits per heavy atom. The number of rotatable bonds is 6. The lowest BCUT2D eigenvalue weighted by Gasteiger charge is -2.10. The van der Waals surface area contributed by atoms with Gasteiger partial charge >= 0.3 is 0 Å². The zero-order chi connectivity index (χ0) is 18.5. The van der Waals surface area contributed by atoms with E-state index in [1.54, 1.807) is 18.3 Å². The molecule has 0 fully saturated rings. The van der Waals surface area contributed by atoms with Crippen molar-refractivity contribution in [3.05, 3.63) is 70.6 Å². The minimum absolute atomic E-state index is 0.0964. The van der Waals surface area contributed by atoms with Crippen molar-refractivity contribution in [2.75, 3.05) is 0 Å². The molecule has 2 aromatic carbocycles. The normalized spacial score (nSPS) is 12.0. The second kappa shape index (κ2) is 8.51. The van der Waals surface area contributed by atoms with Gasteiger partial charge in [-0.2, -0.15) is 0 Å². The van der Waals surface area contributed by atoms with Gasteiger partial charge in [-0.1, -0.05) is 52.0 Å². The lowest BCUT2D eigenvalue weighted by molar-refractivity contribution is -0.120. The molecule has 2 N–H and O–H groups in total. The molecule has 1 unspecified atom stereocenters. The third kappa shape index (κ3) is 4.95. The van der Waals surface area contributed by atoms with Gasteiger partial charge in [-0.25, -0.2) is 9.37 Å². The van der Waals surface area contributed by atoms with Crippen molar-refractivity contribution >= 4 is 33.6 Å². The van der Waals surface area contributed by atoms with E-state index in [1.165, 1.54) is 23.9 Å². The predicted octanol–water partition coefficient (Wildman–Crippen LogP) is 4.78. The molecule has 1 amide bonds. The number of hydrogen-bond acceptors (Lipinski definition) is 3. The molecule has 1 atom stereocenters. The van der Waals surface area contributed by atoms with Crippen LogP contribution in [0.4, 0.5) is 4.39 Å². The molecule has 0 aliphatic rings. The minimum atomic E-state index is -0.306. The van der Waals surface area contributed by atoms with Crippen LogP contribution in [0.5, 0.6) is 0 Å². The van der Waals surface area contributed by atoms with E-state index in [1.807, 2.05) is 31.2 Å². The van der Waals surface area contributed by atoms with Gasteiger partial charge in [-0.05, 0) is 42.3 Å². The number of hydrogen-bond donors (Lipinski definition) is 2. The number of halogens is 2. The molecular weight excluding hydrogens is 417 g/mol. The summed E-state index contributed by atoms with van der Waals surface area (Å²) in [6.45, 7) is 2.19. The molecule has 26 heavy (non-hydrogen) atoms. The molecule has 1 aromatic heterocycles. The van der Waals surface area contributed by atoms with Crippen LogP contribution in [-0.2, 0) is 11.3 Å². The van der Waals surface area contributed by atoms with Crippen molar-refractivity contribution in [2.45, 2.75) is 23.9 Å². The number of amides is 1. The minimum Gasteiger partial charge on any atom is -0.351 e. The topological polar surface area (TPSA) is 57.8 Å². The lowest BCUT2D eigenvalue weighted by atomic mass is 10.2. The first-order valence-corrected chi connectivity index (χ1v) is 9.68. The first kappa shape index (κ1) is 18.7. The van der Waals surface area contributed by atoms with E-state index in [4.69, 9.17) is 0 Å². The van der Waals surface area contributed by atoms with Crippen LogP contribution < -0.4 is 5.32 Å². The highest BCUT2D eigenvalue weighted by Crippen LogP contribution is 2.25. The number of thioether (sulfide) groups is 1. The average Bonchev–Trinajstić information content (AvgIpc) is 3.10. The maximum Gasteiger partial charge on any atom is 0.233 e. The molecule has 0 saturated carbocycles. The van der Waals surface area contributed by atoms with Crippen LogP contribution in [0.2, 0.25) is 0 Å². The van der Waals surface area contributed by atoms with Crippen LogP contribution in [-0.4, -0.2) is 21.1 Å². The zero-order valence-corrected chi connectivity index (χ0v) is 16.4. The van der Waals surface area contributed by atoms with E-state index in [0.717, 1.165) is 21.3 Å². The molecule has 1 heterocycles. The van der Waals surface area contributed by atoms with Crippen LogP contribution in [0.3, 0.4) is 0 Å². The highest BCUT2D eigenvalue weighted by atomic mass is 79.9. The molecule has 0 aliphatic carbocycles. The van der Waals surface area contributed by atoms with Gasteiger partial charge in [0.2, 0.25) is 5.91 Å². The maximum absolute atomic E-state index is 12.9. The number of H-pyrrole nitrogens is 1. The van der Waals surface area contributed by atoms with Crippen molar-refractivity contribution < 1.29 is 9.18 Å². The number of aromatic amines is 1. The van der Waals surface area contributed by atoms with E-state index in [0.29, 0.717) is 11.7 Å². The van der Waals surface area contributed by atoms with Gasteiger partial charge in [0.25, 0.3) is 0 Å². The van der Waals surface area contributed by atoms with Gasteiger partial charge in [-0.3, -0.25) is 4.79 Å². The summed E-state index contributed by atoms with van der Waals surface area (Å²) in [6.07, 6.45) is 1.76. The summed E-state index contributed by atoms with van der Waals surface area (Å²) >= 11 is 4.77. The quantitative estimate of drug-likeness (QED) is 0.550. The van der Waals surface area contributed by atoms with Gasteiger partial charge < -0.3 is 10.3 Å². The zero-order valence-electron chi connectivity index (χ0n) is 14.0. The molecule has 134 valence electrons. The SMILES string of the molecule is CC(Sc1ncc(-c2ccc(Br)cc2)[nH]1)C(=O)NCc1ccc(F)cc1. The fourth-order valence-electron chi connectivity index (χ4n) is 2.30. The molecule has 3 rings (SSSR count). The number of carbonyl (C=O) groups is 1. The van der Waals surface area contributed by atoms with Crippen molar-refractivity contribution in [2.24, 2.45) is 0 Å². The van der Waals surface area contributed by atoms with E-state index >= 15 is 0 Å². The van der Waals surface area contributed by atoms with Gasteiger partial charge in [0.1, 0.15) is 5.82 Å². The predicted molar refractivity (Wildman–Crippen MR) is 105 cm³/mol. The van der Waals surface area contributed by atoms with Crippen molar-refractivity contribution in [3.63, 3.8) is 0 Å². The Morgan fingerprint density at radius 3 is 2.62 bits per heavy atom. The smallest absolute Gasteiger partial charge is 0.233 e. The number of benzene rings is 2. The van der Waals surface area contributed by atoms with E-state index < -0.39 is 0 Å². The van der Waals surface area contributed by atoms with Crippen LogP contribution >= 0.6 is 27.7 Å². The van der Waals surface area contributed by atoms with Crippen LogP contribution in [0, 0.1) is 5.82 Å². The standard InChI is InChI=1S/C19H17BrFN3OS/c1-12(18(25)22-10-13-2-8-16(21)9-3-13)26-19-23-11-17(24-19)14-4-6-15(20)7-5-14/h2-9,11-12H,10H2,1H3,(H,22,25)(H,23,24). The van der Waals surface area contributed by atoms with Crippen LogP contribution in [0.25, 0.3) is 11.3 Å². The molecule has 0 spiro atoms. The summed E-state index contributed by atoms with van der Waals surface area (Å²) in [6, 6.07) is 14.0. The van der Waals surface area contributed by atoms with Gasteiger partial charge in [0, 0.05) is 11.0 Å². The first-order valence-electron chi connectivity index (χ1n) is 8.01. The largest absolute Gasteiger partial charge is 0.351 e. The Bertz CT molecular complexity index is 881. The molecular formula is C19H17BrFN3OS. The van der Waals surface area contributed by atoms with E-state index in [-0.39, 0.29) is 17.0 Å². The molecule has 0 aliphatic heterocycles. The van der Waals surface area contributed by atoms with Crippen molar-refractivity contribution in [3.8, 4) is 11.3 Å². The molecule has 3 aromatic rings. The van der Waals surface area contributed by atoms with Crippen molar-refractivity contribution in [1.82, 2.24) is 15.3 Å². The number of aromatic nitrogens is 2. The monoisotopic (exact) mass is 433 g/mol. The molecule has 0 bridgehead atoms. The summed E-state index contributed by atoms with van der Waals surface area (Å²) in [5.74, 6) is -0.385. The third-order valence-electron chi connectivity index (χ3n) is 3.75. The fourth-order valence-corrected chi connectivity index (χ4v) is 3.37. The molecule has 7 heteroatoms. The van der Waals surface area contributed by atoms with Gasteiger partial charge in [-0.15, -0.1) is 0 Å². The average molecular weight is 434 g/mol. The maximum atomic E-state index is 12.9. The summed E-state index contributed by atoms with van der Waals surface area (Å²) in [5.41, 5.74) is 2.78. The van der Waals surface area contributed by atoms with Crippen LogP contribution in [0.1, 0.15) is 12.5 Å². The Labute approximate surface area is 163 Å². The van der Waals surface area contributed by atoms with Crippen molar-refractivity contribution in [1.29, 1.82) is 0 Å². The number of imidazole rings is 1. The number of nitrogens with zero attached hydrogens (tertiary/aromatic N) is 1. The Kier molecular flexibility index (Phi) is 6.11.